The number of carbonyl (C=O) groups excluding carboxylic acids is 1. The topological polar surface area (TPSA) is 78.9 Å². The van der Waals surface area contributed by atoms with Gasteiger partial charge in [-0.25, -0.2) is 9.78 Å². The number of nitrogens with zero attached hydrogens (tertiary/aromatic N) is 4. The van der Waals surface area contributed by atoms with E-state index in [1.807, 2.05) is 25.1 Å². The number of carbonyl (C=O) groups is 1. The number of aromatic nitrogens is 4. The number of hydrogen-bond donors (Lipinski definition) is 0. The van der Waals surface area contributed by atoms with Crippen LogP contribution in [0.4, 0.5) is 0 Å². The van der Waals surface area contributed by atoms with Crippen LogP contribution in [0.5, 0.6) is 0 Å². The molecule has 0 aliphatic rings. The molecule has 0 bridgehead atoms. The molecule has 3 rings (SSSR count). The standard InChI is InChI=1S/C19H21BrN4O3/c1-4-5-11-13(15(25)12-9-7-6-8-10-12)24-14-16(21-18(24)20)22(2)19(27)23(3)17(14)26/h6-10,13H,4-5,11H2,1-3H3/t13-/m0/s1. The van der Waals surface area contributed by atoms with Crippen LogP contribution in [0.3, 0.4) is 0 Å². The van der Waals surface area contributed by atoms with Crippen molar-refractivity contribution in [1.82, 2.24) is 18.7 Å². The fourth-order valence-corrected chi connectivity index (χ4v) is 3.83. The summed E-state index contributed by atoms with van der Waals surface area (Å²) < 4.78 is 4.35. The third kappa shape index (κ3) is 3.29. The summed E-state index contributed by atoms with van der Waals surface area (Å²) in [5, 5.41) is 0. The Balaban J connectivity index is 2.28. The van der Waals surface area contributed by atoms with E-state index in [1.54, 1.807) is 23.7 Å². The second-order valence-corrected chi connectivity index (χ2v) is 7.23. The molecule has 3 aromatic rings. The largest absolute Gasteiger partial charge is 0.332 e. The van der Waals surface area contributed by atoms with Crippen LogP contribution in [0.2, 0.25) is 0 Å². The first-order chi connectivity index (χ1) is 12.9. The molecular weight excluding hydrogens is 412 g/mol. The van der Waals surface area contributed by atoms with E-state index in [0.29, 0.717) is 16.7 Å². The molecule has 0 saturated heterocycles. The number of benzene rings is 1. The van der Waals surface area contributed by atoms with Crippen molar-refractivity contribution in [2.45, 2.75) is 32.2 Å². The molecule has 0 radical (unpaired) electrons. The average Bonchev–Trinajstić information content (AvgIpc) is 3.03. The molecule has 0 fully saturated rings. The van der Waals surface area contributed by atoms with E-state index < -0.39 is 17.3 Å². The lowest BCUT2D eigenvalue weighted by Crippen LogP contribution is -2.38. The quantitative estimate of drug-likeness (QED) is 0.443. The summed E-state index contributed by atoms with van der Waals surface area (Å²) in [6.07, 6.45) is 2.31. The van der Waals surface area contributed by atoms with Crippen molar-refractivity contribution in [3.63, 3.8) is 0 Å². The van der Waals surface area contributed by atoms with E-state index in [2.05, 4.69) is 20.9 Å². The lowest BCUT2D eigenvalue weighted by Gasteiger charge is -2.19. The predicted octanol–water partition coefficient (Wildman–Crippen LogP) is 2.81. The Hall–Kier alpha value is -2.48. The lowest BCUT2D eigenvalue weighted by molar-refractivity contribution is 0.0918. The minimum Gasteiger partial charge on any atom is -0.302 e. The van der Waals surface area contributed by atoms with Crippen molar-refractivity contribution in [2.24, 2.45) is 14.1 Å². The molecule has 27 heavy (non-hydrogen) atoms. The minimum absolute atomic E-state index is 0.0834. The number of aryl methyl sites for hydroxylation is 1. The number of unbranched alkanes of at least 4 members (excludes halogenated alkanes) is 1. The fourth-order valence-electron chi connectivity index (χ4n) is 3.24. The zero-order valence-electron chi connectivity index (χ0n) is 15.5. The van der Waals surface area contributed by atoms with Crippen LogP contribution in [0.15, 0.2) is 44.7 Å². The fraction of sp³-hybridized carbons (Fsp3) is 0.368. The van der Waals surface area contributed by atoms with Crippen molar-refractivity contribution in [3.8, 4) is 0 Å². The predicted molar refractivity (Wildman–Crippen MR) is 107 cm³/mol. The number of hydrogen-bond acceptors (Lipinski definition) is 4. The smallest absolute Gasteiger partial charge is 0.302 e. The van der Waals surface area contributed by atoms with Crippen molar-refractivity contribution in [2.75, 3.05) is 0 Å². The van der Waals surface area contributed by atoms with Gasteiger partial charge in [0.05, 0.1) is 6.04 Å². The number of imidazole rings is 1. The van der Waals surface area contributed by atoms with Gasteiger partial charge in [0.25, 0.3) is 5.56 Å². The van der Waals surface area contributed by atoms with Crippen molar-refractivity contribution in [1.29, 1.82) is 0 Å². The molecule has 0 saturated carbocycles. The molecule has 8 heteroatoms. The highest BCUT2D eigenvalue weighted by atomic mass is 79.9. The molecular formula is C19H21BrN4O3. The number of Topliss-reactive ketones (excluding diaryl/α,β-unsaturated/α-hetero) is 1. The van der Waals surface area contributed by atoms with Crippen LogP contribution in [0, 0.1) is 0 Å². The Morgan fingerprint density at radius 1 is 1.15 bits per heavy atom. The minimum atomic E-state index is -0.586. The molecule has 2 aromatic heterocycles. The van der Waals surface area contributed by atoms with Gasteiger partial charge in [0.2, 0.25) is 0 Å². The summed E-state index contributed by atoms with van der Waals surface area (Å²) in [6.45, 7) is 2.05. The lowest BCUT2D eigenvalue weighted by atomic mass is 9.99. The van der Waals surface area contributed by atoms with Crippen LogP contribution in [0.1, 0.15) is 42.6 Å². The highest BCUT2D eigenvalue weighted by Crippen LogP contribution is 2.28. The molecule has 0 amide bonds. The maximum Gasteiger partial charge on any atom is 0.332 e. The molecule has 1 aromatic carbocycles. The van der Waals surface area contributed by atoms with Gasteiger partial charge in [0, 0.05) is 19.7 Å². The first kappa shape index (κ1) is 19.3. The molecule has 0 N–H and O–H groups in total. The summed E-state index contributed by atoms with van der Waals surface area (Å²) in [5.41, 5.74) is 0.168. The van der Waals surface area contributed by atoms with Gasteiger partial charge in [-0.1, -0.05) is 50.1 Å². The number of rotatable bonds is 6. The second-order valence-electron chi connectivity index (χ2n) is 6.52. The monoisotopic (exact) mass is 432 g/mol. The molecule has 1 atom stereocenters. The Morgan fingerprint density at radius 3 is 2.44 bits per heavy atom. The van der Waals surface area contributed by atoms with E-state index >= 15 is 0 Å². The van der Waals surface area contributed by atoms with Gasteiger partial charge in [-0.3, -0.25) is 18.7 Å². The van der Waals surface area contributed by atoms with Crippen molar-refractivity contribution in [3.05, 3.63) is 61.5 Å². The summed E-state index contributed by atoms with van der Waals surface area (Å²) in [5.74, 6) is -0.0834. The summed E-state index contributed by atoms with van der Waals surface area (Å²) in [4.78, 5) is 42.6. The first-order valence-electron chi connectivity index (χ1n) is 8.81. The molecule has 0 unspecified atom stereocenters. The zero-order chi connectivity index (χ0) is 19.7. The second kappa shape index (κ2) is 7.64. The molecule has 142 valence electrons. The first-order valence-corrected chi connectivity index (χ1v) is 9.60. The number of halogens is 1. The van der Waals surface area contributed by atoms with E-state index in [9.17, 15) is 14.4 Å². The van der Waals surface area contributed by atoms with Crippen LogP contribution >= 0.6 is 15.9 Å². The van der Waals surface area contributed by atoms with Crippen molar-refractivity contribution >= 4 is 32.9 Å². The summed E-state index contributed by atoms with van der Waals surface area (Å²) >= 11 is 3.40. The highest BCUT2D eigenvalue weighted by molar-refractivity contribution is 9.10. The van der Waals surface area contributed by atoms with E-state index in [0.717, 1.165) is 17.4 Å². The van der Waals surface area contributed by atoms with Gasteiger partial charge in [-0.15, -0.1) is 0 Å². The molecule has 0 aliphatic heterocycles. The van der Waals surface area contributed by atoms with Crippen molar-refractivity contribution < 1.29 is 4.79 Å². The Kier molecular flexibility index (Phi) is 5.46. The third-order valence-corrected chi connectivity index (χ3v) is 5.31. The van der Waals surface area contributed by atoms with Gasteiger partial charge in [-0.05, 0) is 22.4 Å². The van der Waals surface area contributed by atoms with Gasteiger partial charge in [0.15, 0.2) is 21.7 Å². The van der Waals surface area contributed by atoms with E-state index in [4.69, 9.17) is 0 Å². The Morgan fingerprint density at radius 2 is 1.81 bits per heavy atom. The number of ketones is 1. The SMILES string of the molecule is CCCC[C@@H](C(=O)c1ccccc1)n1c(Br)nc2c1c(=O)n(C)c(=O)n2C. The highest BCUT2D eigenvalue weighted by Gasteiger charge is 2.28. The average molecular weight is 433 g/mol. The third-order valence-electron chi connectivity index (χ3n) is 4.75. The summed E-state index contributed by atoms with van der Waals surface area (Å²) in [6, 6.07) is 8.43. The normalized spacial score (nSPS) is 12.4. The zero-order valence-corrected chi connectivity index (χ0v) is 17.1. The van der Waals surface area contributed by atoms with Gasteiger partial charge >= 0.3 is 5.69 Å². The Labute approximate surface area is 164 Å². The van der Waals surface area contributed by atoms with Gasteiger partial charge in [-0.2, -0.15) is 0 Å². The van der Waals surface area contributed by atoms with Crippen LogP contribution < -0.4 is 11.2 Å². The maximum absolute atomic E-state index is 13.2. The van der Waals surface area contributed by atoms with Gasteiger partial charge in [0.1, 0.15) is 0 Å². The maximum atomic E-state index is 13.2. The molecule has 2 heterocycles. The molecule has 0 aliphatic carbocycles. The van der Waals surface area contributed by atoms with Gasteiger partial charge < -0.3 is 4.57 Å². The Bertz CT molecular complexity index is 1110. The van der Waals surface area contributed by atoms with E-state index in [-0.39, 0.29) is 16.9 Å². The molecule has 0 spiro atoms. The van der Waals surface area contributed by atoms with Crippen LogP contribution in [-0.2, 0) is 14.1 Å². The molecule has 7 nitrogen and oxygen atoms in total. The van der Waals surface area contributed by atoms with E-state index in [1.165, 1.54) is 11.6 Å². The number of fused-ring (bicyclic) bond motifs is 1. The summed E-state index contributed by atoms with van der Waals surface area (Å²) in [7, 11) is 2.99. The van der Waals surface area contributed by atoms with Crippen LogP contribution in [-0.4, -0.2) is 24.5 Å². The van der Waals surface area contributed by atoms with Crippen LogP contribution in [0.25, 0.3) is 11.2 Å².